The number of carbonyl (C=O) groups excluding carboxylic acids is 1. The van der Waals surface area contributed by atoms with E-state index in [1.54, 1.807) is 32.0 Å². The second-order valence-corrected chi connectivity index (χ2v) is 8.84. The molecule has 1 heterocycles. The molecule has 0 bridgehead atoms. The van der Waals surface area contributed by atoms with E-state index in [1.807, 2.05) is 12.1 Å². The zero-order valence-corrected chi connectivity index (χ0v) is 22.6. The summed E-state index contributed by atoms with van der Waals surface area (Å²) in [6.07, 6.45) is 3.11. The minimum Gasteiger partial charge on any atom is -0.493 e. The van der Waals surface area contributed by atoms with E-state index in [0.717, 1.165) is 17.3 Å². The zero-order chi connectivity index (χ0) is 26.2. The monoisotopic (exact) mass is 559 g/mol. The first-order chi connectivity index (χ1) is 17.3. The Kier molecular flexibility index (Phi) is 9.46. The smallest absolute Gasteiger partial charge is 0.347 e. The van der Waals surface area contributed by atoms with Gasteiger partial charge in [0, 0.05) is 16.5 Å². The average molecular weight is 560 g/mol. The number of nitrogens with zero attached hydrogens (tertiary/aromatic N) is 3. The number of esters is 1. The van der Waals surface area contributed by atoms with Crippen molar-refractivity contribution in [3.8, 4) is 17.2 Å². The number of aromatic nitrogens is 2. The van der Waals surface area contributed by atoms with Gasteiger partial charge >= 0.3 is 5.97 Å². The van der Waals surface area contributed by atoms with Crippen LogP contribution in [0.5, 0.6) is 17.2 Å². The summed E-state index contributed by atoms with van der Waals surface area (Å²) in [5.74, 6) is 1.02. The number of hydrogen-bond acceptors (Lipinski definition) is 8. The molecule has 1 atom stereocenters. The number of methoxy groups -OCH3 is 2. The lowest BCUT2D eigenvalue weighted by atomic mass is 10.2. The number of carbonyl (C=O) groups is 1. The van der Waals surface area contributed by atoms with Crippen LogP contribution < -0.4 is 19.8 Å². The van der Waals surface area contributed by atoms with Crippen LogP contribution in [0.3, 0.4) is 0 Å². The predicted octanol–water partition coefficient (Wildman–Crippen LogP) is 4.73. The summed E-state index contributed by atoms with van der Waals surface area (Å²) in [6.45, 7) is 5.63. The second kappa shape index (κ2) is 12.5. The third-order valence-corrected chi connectivity index (χ3v) is 5.84. The third kappa shape index (κ3) is 6.23. The lowest BCUT2D eigenvalue weighted by Gasteiger charge is -2.18. The lowest BCUT2D eigenvalue weighted by molar-refractivity contribution is -0.150. The van der Waals surface area contributed by atoms with Gasteiger partial charge in [-0.05, 0) is 50.6 Å². The Balaban J connectivity index is 2.04. The van der Waals surface area contributed by atoms with Crippen molar-refractivity contribution in [3.63, 3.8) is 0 Å². The number of unbranched alkanes of at least 4 members (excludes halogenated alkanes) is 1. The van der Waals surface area contributed by atoms with Crippen LogP contribution in [0.15, 0.2) is 44.7 Å². The normalized spacial score (nSPS) is 12.1. The Bertz CT molecular complexity index is 1300. The van der Waals surface area contributed by atoms with E-state index in [4.69, 9.17) is 18.9 Å². The third-order valence-electron chi connectivity index (χ3n) is 5.35. The molecule has 0 unspecified atom stereocenters. The molecule has 0 radical (unpaired) electrons. The topological polar surface area (TPSA) is 101 Å². The van der Waals surface area contributed by atoms with Crippen molar-refractivity contribution in [2.75, 3.05) is 20.8 Å². The Labute approximate surface area is 218 Å². The van der Waals surface area contributed by atoms with Crippen molar-refractivity contribution in [3.05, 3.63) is 56.5 Å². The molecule has 0 N–H and O–H groups in total. The number of fused-ring (bicyclic) bond motifs is 1. The molecule has 2 aromatic carbocycles. The van der Waals surface area contributed by atoms with E-state index in [-0.39, 0.29) is 17.9 Å². The van der Waals surface area contributed by atoms with E-state index in [1.165, 1.54) is 25.1 Å². The Morgan fingerprint density at radius 1 is 1.17 bits per heavy atom. The molecule has 0 fully saturated rings. The largest absolute Gasteiger partial charge is 0.493 e. The van der Waals surface area contributed by atoms with Gasteiger partial charge in [-0.25, -0.2) is 9.78 Å². The minimum atomic E-state index is -0.866. The van der Waals surface area contributed by atoms with E-state index in [2.05, 4.69) is 32.9 Å². The van der Waals surface area contributed by atoms with Crippen molar-refractivity contribution in [2.24, 2.45) is 5.10 Å². The number of rotatable bonds is 11. The van der Waals surface area contributed by atoms with Gasteiger partial charge in [0.25, 0.3) is 5.56 Å². The van der Waals surface area contributed by atoms with Crippen molar-refractivity contribution in [1.29, 1.82) is 0 Å². The van der Waals surface area contributed by atoms with Crippen LogP contribution in [0, 0.1) is 0 Å². The summed E-state index contributed by atoms with van der Waals surface area (Å²) in [6, 6.07) is 8.78. The van der Waals surface area contributed by atoms with E-state index >= 15 is 0 Å². The molecule has 0 saturated heterocycles. The van der Waals surface area contributed by atoms with Crippen LogP contribution in [0.25, 0.3) is 10.9 Å². The highest BCUT2D eigenvalue weighted by Gasteiger charge is 2.22. The maximum atomic E-state index is 13.3. The lowest BCUT2D eigenvalue weighted by Crippen LogP contribution is -2.26. The van der Waals surface area contributed by atoms with Crippen molar-refractivity contribution >= 4 is 39.0 Å². The van der Waals surface area contributed by atoms with Crippen molar-refractivity contribution in [1.82, 2.24) is 9.66 Å². The van der Waals surface area contributed by atoms with Gasteiger partial charge < -0.3 is 18.9 Å². The molecular formula is C26H30BrN3O6. The van der Waals surface area contributed by atoms with Gasteiger partial charge in [0.2, 0.25) is 5.75 Å². The summed E-state index contributed by atoms with van der Waals surface area (Å²) >= 11 is 3.42. The summed E-state index contributed by atoms with van der Waals surface area (Å²) < 4.78 is 23.9. The molecular weight excluding hydrogens is 530 g/mol. The zero-order valence-electron chi connectivity index (χ0n) is 21.0. The Hall–Kier alpha value is -3.40. The number of ether oxygens (including phenoxy) is 4. The van der Waals surface area contributed by atoms with Gasteiger partial charge in [-0.2, -0.15) is 9.78 Å². The first-order valence-corrected chi connectivity index (χ1v) is 12.5. The summed E-state index contributed by atoms with van der Waals surface area (Å²) in [5, 5.41) is 4.94. The van der Waals surface area contributed by atoms with Crippen LogP contribution in [0.1, 0.15) is 45.0 Å². The fourth-order valence-corrected chi connectivity index (χ4v) is 3.87. The molecule has 1 aromatic heterocycles. The molecule has 0 aliphatic carbocycles. The SMILES string of the molecule is CCCCc1nc2ccc(Br)cc2c(=O)n1N=Cc1cc(OC)c(O[C@@H](C)C(=O)OCC)c(OC)c1. The molecule has 10 heteroatoms. The highest BCUT2D eigenvalue weighted by atomic mass is 79.9. The fourth-order valence-electron chi connectivity index (χ4n) is 3.51. The maximum absolute atomic E-state index is 13.3. The van der Waals surface area contributed by atoms with Crippen molar-refractivity contribution < 1.29 is 23.7 Å². The van der Waals surface area contributed by atoms with Crippen LogP contribution in [-0.4, -0.2) is 48.8 Å². The summed E-state index contributed by atoms with van der Waals surface area (Å²) in [7, 11) is 2.96. The average Bonchev–Trinajstić information content (AvgIpc) is 2.87. The van der Waals surface area contributed by atoms with Crippen molar-refractivity contribution in [2.45, 2.75) is 46.1 Å². The summed E-state index contributed by atoms with van der Waals surface area (Å²) in [4.78, 5) is 30.0. The number of halogens is 1. The Morgan fingerprint density at radius 2 is 1.86 bits per heavy atom. The Morgan fingerprint density at radius 3 is 2.47 bits per heavy atom. The molecule has 0 amide bonds. The number of aryl methyl sites for hydroxylation is 1. The van der Waals surface area contributed by atoms with Gasteiger partial charge in [0.1, 0.15) is 5.82 Å². The highest BCUT2D eigenvalue weighted by molar-refractivity contribution is 9.10. The van der Waals surface area contributed by atoms with Gasteiger partial charge in [-0.3, -0.25) is 4.79 Å². The molecule has 192 valence electrons. The maximum Gasteiger partial charge on any atom is 0.347 e. The molecule has 3 aromatic rings. The van der Waals surface area contributed by atoms with Crippen LogP contribution in [0.2, 0.25) is 0 Å². The minimum absolute atomic E-state index is 0.246. The molecule has 0 aliphatic heterocycles. The quantitative estimate of drug-likeness (QED) is 0.247. The number of hydrogen-bond donors (Lipinski definition) is 0. The molecule has 0 aliphatic rings. The second-order valence-electron chi connectivity index (χ2n) is 7.92. The molecule has 3 rings (SSSR count). The molecule has 0 spiro atoms. The first-order valence-electron chi connectivity index (χ1n) is 11.7. The van der Waals surface area contributed by atoms with Gasteiger partial charge in [-0.1, -0.05) is 29.3 Å². The van der Waals surface area contributed by atoms with E-state index in [9.17, 15) is 9.59 Å². The predicted molar refractivity (Wildman–Crippen MR) is 142 cm³/mol. The highest BCUT2D eigenvalue weighted by Crippen LogP contribution is 2.39. The van der Waals surface area contributed by atoms with Crippen LogP contribution in [-0.2, 0) is 16.0 Å². The number of benzene rings is 2. The van der Waals surface area contributed by atoms with E-state index in [0.29, 0.717) is 40.2 Å². The summed E-state index contributed by atoms with van der Waals surface area (Å²) in [5.41, 5.74) is 0.967. The standard InChI is InChI=1S/C26H30BrN3O6/c1-6-8-9-23-29-20-11-10-18(27)14-19(20)25(31)30(23)28-15-17-12-21(33-4)24(22(13-17)34-5)36-16(3)26(32)35-7-2/h10-16H,6-9H2,1-5H3/t16-/m0/s1. The molecule has 0 saturated carbocycles. The van der Waals surface area contributed by atoms with Gasteiger partial charge in [0.15, 0.2) is 17.6 Å². The van der Waals surface area contributed by atoms with Gasteiger partial charge in [-0.15, -0.1) is 0 Å². The van der Waals surface area contributed by atoms with Gasteiger partial charge in [0.05, 0.1) is 37.9 Å². The van der Waals surface area contributed by atoms with E-state index < -0.39 is 12.1 Å². The fraction of sp³-hybridized carbons (Fsp3) is 0.385. The van der Waals surface area contributed by atoms with Crippen LogP contribution in [0.4, 0.5) is 0 Å². The molecule has 36 heavy (non-hydrogen) atoms. The van der Waals surface area contributed by atoms with Crippen LogP contribution >= 0.6 is 15.9 Å². The molecule has 9 nitrogen and oxygen atoms in total. The first kappa shape index (κ1) is 27.2.